The first kappa shape index (κ1) is 14.8. The van der Waals surface area contributed by atoms with Gasteiger partial charge in [-0.2, -0.15) is 0 Å². The van der Waals surface area contributed by atoms with Crippen LogP contribution < -0.4 is 9.46 Å². The molecule has 0 radical (unpaired) electrons. The minimum absolute atomic E-state index is 0.146. The molecule has 2 aromatic carbocycles. The third-order valence-corrected chi connectivity index (χ3v) is 4.58. The number of hydrogen-bond acceptors (Lipinski definition) is 3. The molecule has 0 heterocycles. The second kappa shape index (κ2) is 5.80. The van der Waals surface area contributed by atoms with Crippen LogP contribution in [0.15, 0.2) is 51.8 Å². The predicted octanol–water partition coefficient (Wildman–Crippen LogP) is 3.40. The molecule has 0 unspecified atom stereocenters. The average molecular weight is 360 g/mol. The van der Waals surface area contributed by atoms with Crippen molar-refractivity contribution in [1.29, 1.82) is 0 Å². The Morgan fingerprint density at radius 3 is 2.60 bits per heavy atom. The van der Waals surface area contributed by atoms with Crippen molar-refractivity contribution in [2.75, 3.05) is 11.8 Å². The number of ether oxygens (including phenoxy) is 1. The molecule has 0 amide bonds. The van der Waals surface area contributed by atoms with E-state index in [2.05, 4.69) is 20.7 Å². The van der Waals surface area contributed by atoms with E-state index >= 15 is 0 Å². The summed E-state index contributed by atoms with van der Waals surface area (Å²) in [6.45, 7) is 0. The Hall–Kier alpha value is -1.60. The Morgan fingerprint density at radius 2 is 1.95 bits per heavy atom. The zero-order valence-electron chi connectivity index (χ0n) is 10.4. The van der Waals surface area contributed by atoms with Crippen LogP contribution in [-0.4, -0.2) is 15.5 Å². The van der Waals surface area contributed by atoms with E-state index in [1.165, 1.54) is 31.4 Å². The summed E-state index contributed by atoms with van der Waals surface area (Å²) in [6.07, 6.45) is 0. The van der Waals surface area contributed by atoms with Crippen molar-refractivity contribution in [2.45, 2.75) is 4.90 Å². The van der Waals surface area contributed by atoms with Gasteiger partial charge >= 0.3 is 0 Å². The maximum absolute atomic E-state index is 13.1. The van der Waals surface area contributed by atoms with Crippen molar-refractivity contribution in [1.82, 2.24) is 0 Å². The molecule has 0 aliphatic heterocycles. The highest BCUT2D eigenvalue weighted by molar-refractivity contribution is 9.10. The molecule has 2 rings (SSSR count). The Labute approximate surface area is 124 Å². The van der Waals surface area contributed by atoms with Gasteiger partial charge in [-0.1, -0.05) is 6.07 Å². The molecule has 20 heavy (non-hydrogen) atoms. The standard InChI is InChI=1S/C13H11BrFNO3S/c1-19-10-5-6-12(14)13(8-10)16-20(17,18)11-4-2-3-9(15)7-11/h2-8,16H,1H3. The van der Waals surface area contributed by atoms with Crippen molar-refractivity contribution in [3.63, 3.8) is 0 Å². The molecular weight excluding hydrogens is 349 g/mol. The molecule has 0 bridgehead atoms. The Bertz CT molecular complexity index is 734. The van der Waals surface area contributed by atoms with Crippen molar-refractivity contribution in [2.24, 2.45) is 0 Å². The van der Waals surface area contributed by atoms with E-state index in [1.807, 2.05) is 0 Å². The number of anilines is 1. The summed E-state index contributed by atoms with van der Waals surface area (Å²) < 4.78 is 45.4. The van der Waals surface area contributed by atoms with Gasteiger partial charge in [0.25, 0.3) is 10.0 Å². The largest absolute Gasteiger partial charge is 0.497 e. The van der Waals surface area contributed by atoms with Crippen molar-refractivity contribution >= 4 is 31.6 Å². The van der Waals surface area contributed by atoms with Gasteiger partial charge in [0.05, 0.1) is 17.7 Å². The van der Waals surface area contributed by atoms with E-state index in [1.54, 1.807) is 12.1 Å². The molecule has 0 fully saturated rings. The minimum Gasteiger partial charge on any atom is -0.497 e. The summed E-state index contributed by atoms with van der Waals surface area (Å²) in [6, 6.07) is 9.66. The molecule has 106 valence electrons. The van der Waals surface area contributed by atoms with Gasteiger partial charge < -0.3 is 4.74 Å². The maximum Gasteiger partial charge on any atom is 0.262 e. The van der Waals surface area contributed by atoms with Crippen LogP contribution in [0.5, 0.6) is 5.75 Å². The Balaban J connectivity index is 2.38. The van der Waals surface area contributed by atoms with Gasteiger partial charge in [-0.3, -0.25) is 4.72 Å². The third kappa shape index (κ3) is 3.29. The molecule has 0 spiro atoms. The van der Waals surface area contributed by atoms with E-state index in [0.29, 0.717) is 15.9 Å². The third-order valence-electron chi connectivity index (χ3n) is 2.52. The van der Waals surface area contributed by atoms with E-state index in [0.717, 1.165) is 6.07 Å². The highest BCUT2D eigenvalue weighted by atomic mass is 79.9. The van der Waals surface area contributed by atoms with Gasteiger partial charge in [0.2, 0.25) is 0 Å². The van der Waals surface area contributed by atoms with Crippen LogP contribution in [0.1, 0.15) is 0 Å². The molecule has 4 nitrogen and oxygen atoms in total. The van der Waals surface area contributed by atoms with Gasteiger partial charge in [-0.15, -0.1) is 0 Å². The maximum atomic E-state index is 13.1. The number of rotatable bonds is 4. The number of hydrogen-bond donors (Lipinski definition) is 1. The lowest BCUT2D eigenvalue weighted by Crippen LogP contribution is -2.13. The van der Waals surface area contributed by atoms with Crippen LogP contribution in [0.4, 0.5) is 10.1 Å². The van der Waals surface area contributed by atoms with Crippen LogP contribution in [0.3, 0.4) is 0 Å². The Kier molecular flexibility index (Phi) is 4.29. The number of methoxy groups -OCH3 is 1. The number of sulfonamides is 1. The number of benzene rings is 2. The average Bonchev–Trinajstić information content (AvgIpc) is 2.41. The van der Waals surface area contributed by atoms with Crippen molar-refractivity contribution in [3.8, 4) is 5.75 Å². The monoisotopic (exact) mass is 359 g/mol. The second-order valence-electron chi connectivity index (χ2n) is 3.91. The van der Waals surface area contributed by atoms with E-state index < -0.39 is 15.8 Å². The van der Waals surface area contributed by atoms with E-state index in [4.69, 9.17) is 4.74 Å². The smallest absolute Gasteiger partial charge is 0.262 e. The van der Waals surface area contributed by atoms with Crippen LogP contribution >= 0.6 is 15.9 Å². The van der Waals surface area contributed by atoms with E-state index in [9.17, 15) is 12.8 Å². The highest BCUT2D eigenvalue weighted by Crippen LogP contribution is 2.29. The Morgan fingerprint density at radius 1 is 1.20 bits per heavy atom. The zero-order chi connectivity index (χ0) is 14.8. The summed E-state index contributed by atoms with van der Waals surface area (Å²) in [5, 5.41) is 0. The normalized spacial score (nSPS) is 11.2. The van der Waals surface area contributed by atoms with Crippen LogP contribution in [-0.2, 0) is 10.0 Å². The molecule has 0 saturated heterocycles. The first-order valence-electron chi connectivity index (χ1n) is 5.54. The molecule has 7 heteroatoms. The van der Waals surface area contributed by atoms with Crippen molar-refractivity contribution in [3.05, 3.63) is 52.8 Å². The molecule has 0 atom stereocenters. The van der Waals surface area contributed by atoms with Crippen LogP contribution in [0.2, 0.25) is 0 Å². The van der Waals surface area contributed by atoms with Gasteiger partial charge in [0.15, 0.2) is 0 Å². The predicted molar refractivity (Wildman–Crippen MR) is 77.9 cm³/mol. The summed E-state index contributed by atoms with van der Waals surface area (Å²) >= 11 is 3.24. The molecule has 0 saturated carbocycles. The lowest BCUT2D eigenvalue weighted by atomic mass is 10.3. The van der Waals surface area contributed by atoms with Crippen LogP contribution in [0.25, 0.3) is 0 Å². The quantitative estimate of drug-likeness (QED) is 0.909. The summed E-state index contributed by atoms with van der Waals surface area (Å²) in [7, 11) is -2.38. The summed E-state index contributed by atoms with van der Waals surface area (Å²) in [5.41, 5.74) is 0.314. The molecule has 0 aliphatic carbocycles. The molecule has 0 aliphatic rings. The number of halogens is 2. The van der Waals surface area contributed by atoms with Crippen LogP contribution in [0, 0.1) is 5.82 Å². The fraction of sp³-hybridized carbons (Fsp3) is 0.0769. The molecule has 0 aromatic heterocycles. The van der Waals surface area contributed by atoms with E-state index in [-0.39, 0.29) is 4.90 Å². The van der Waals surface area contributed by atoms with Gasteiger partial charge in [0, 0.05) is 10.5 Å². The molecular formula is C13H11BrFNO3S. The lowest BCUT2D eigenvalue weighted by Gasteiger charge is -2.11. The second-order valence-corrected chi connectivity index (χ2v) is 6.45. The van der Waals surface area contributed by atoms with Crippen molar-refractivity contribution < 1.29 is 17.5 Å². The van der Waals surface area contributed by atoms with Gasteiger partial charge in [-0.05, 0) is 46.3 Å². The highest BCUT2D eigenvalue weighted by Gasteiger charge is 2.16. The zero-order valence-corrected chi connectivity index (χ0v) is 12.8. The summed E-state index contributed by atoms with van der Waals surface area (Å²) in [4.78, 5) is -0.146. The fourth-order valence-electron chi connectivity index (χ4n) is 1.55. The molecule has 2 aromatic rings. The fourth-order valence-corrected chi connectivity index (χ4v) is 3.13. The lowest BCUT2D eigenvalue weighted by molar-refractivity contribution is 0.415. The first-order chi connectivity index (χ1) is 9.42. The van der Waals surface area contributed by atoms with Gasteiger partial charge in [-0.25, -0.2) is 12.8 Å². The topological polar surface area (TPSA) is 55.4 Å². The summed E-state index contributed by atoms with van der Waals surface area (Å²) in [5.74, 6) is -0.109. The number of nitrogens with one attached hydrogen (secondary N) is 1. The SMILES string of the molecule is COc1ccc(Br)c(NS(=O)(=O)c2cccc(F)c2)c1. The molecule has 1 N–H and O–H groups in total. The first-order valence-corrected chi connectivity index (χ1v) is 7.82. The minimum atomic E-state index is -3.86. The van der Waals surface area contributed by atoms with Gasteiger partial charge in [0.1, 0.15) is 11.6 Å².